The van der Waals surface area contributed by atoms with Gasteiger partial charge in [0, 0.05) is 29.6 Å². The number of carbonyl (C=O) groups is 3. The average Bonchev–Trinajstić information content (AvgIpc) is 3.40. The lowest BCUT2D eigenvalue weighted by molar-refractivity contribution is -0.173. The normalized spacial score (nSPS) is 18.9. The summed E-state index contributed by atoms with van der Waals surface area (Å²) >= 11 is 6.30. The van der Waals surface area contributed by atoms with Crippen molar-refractivity contribution in [2.75, 3.05) is 12.4 Å². The Hall–Kier alpha value is -2.88. The number of benzene rings is 1. The maximum absolute atomic E-state index is 14.0. The maximum atomic E-state index is 14.0. The second-order valence-electron chi connectivity index (χ2n) is 8.82. The zero-order chi connectivity index (χ0) is 26.1. The molecule has 2 aromatic rings. The lowest BCUT2D eigenvalue weighted by Gasteiger charge is -2.21. The van der Waals surface area contributed by atoms with E-state index in [-0.39, 0.29) is 48.0 Å². The van der Waals surface area contributed by atoms with E-state index < -0.39 is 41.6 Å². The van der Waals surface area contributed by atoms with Crippen molar-refractivity contribution < 1.29 is 31.9 Å². The minimum atomic E-state index is -4.37. The predicted molar refractivity (Wildman–Crippen MR) is 123 cm³/mol. The Morgan fingerprint density at radius 2 is 1.89 bits per heavy atom. The molecule has 0 spiro atoms. The van der Waals surface area contributed by atoms with Gasteiger partial charge in [-0.25, -0.2) is 4.39 Å². The molecule has 35 heavy (non-hydrogen) atoms. The van der Waals surface area contributed by atoms with E-state index in [1.54, 1.807) is 6.92 Å². The van der Waals surface area contributed by atoms with Crippen LogP contribution in [0.4, 0.5) is 23.2 Å². The van der Waals surface area contributed by atoms with Gasteiger partial charge in [-0.15, -0.1) is 0 Å². The Kier molecular flexibility index (Phi) is 7.93. The van der Waals surface area contributed by atoms with Crippen molar-refractivity contribution in [3.8, 4) is 0 Å². The number of ketones is 1. The first-order valence-electron chi connectivity index (χ1n) is 11.1. The van der Waals surface area contributed by atoms with Crippen molar-refractivity contribution in [1.29, 1.82) is 0 Å². The van der Waals surface area contributed by atoms with Crippen LogP contribution in [0.3, 0.4) is 0 Å². The quantitative estimate of drug-likeness (QED) is 0.491. The summed E-state index contributed by atoms with van der Waals surface area (Å²) in [5.41, 5.74) is 0.877. The minimum absolute atomic E-state index is 0.0620. The van der Waals surface area contributed by atoms with Crippen LogP contribution in [0.15, 0.2) is 24.3 Å². The number of alkyl halides is 3. The van der Waals surface area contributed by atoms with Gasteiger partial charge in [-0.2, -0.15) is 13.2 Å². The fourth-order valence-electron chi connectivity index (χ4n) is 4.59. The number of carbonyl (C=O) groups excluding carboxylic acids is 3. The third kappa shape index (κ3) is 5.86. The van der Waals surface area contributed by atoms with E-state index in [0.717, 1.165) is 0 Å². The first kappa shape index (κ1) is 26.7. The van der Waals surface area contributed by atoms with Crippen LogP contribution in [-0.4, -0.2) is 35.4 Å². The van der Waals surface area contributed by atoms with E-state index >= 15 is 0 Å². The largest absolute Gasteiger partial charge is 0.391 e. The van der Waals surface area contributed by atoms with Crippen molar-refractivity contribution >= 4 is 34.9 Å². The van der Waals surface area contributed by atoms with Crippen molar-refractivity contribution in [3.05, 3.63) is 52.1 Å². The van der Waals surface area contributed by atoms with Crippen molar-refractivity contribution in [1.82, 2.24) is 9.88 Å². The molecule has 0 bridgehead atoms. The van der Waals surface area contributed by atoms with Gasteiger partial charge in [-0.1, -0.05) is 18.5 Å². The molecule has 1 aliphatic rings. The third-order valence-corrected chi connectivity index (χ3v) is 6.68. The lowest BCUT2D eigenvalue weighted by Crippen LogP contribution is -2.25. The Morgan fingerprint density at radius 3 is 2.46 bits per heavy atom. The van der Waals surface area contributed by atoms with Crippen LogP contribution in [0, 0.1) is 17.7 Å². The van der Waals surface area contributed by atoms with Crippen molar-refractivity contribution in [2.24, 2.45) is 11.8 Å². The Morgan fingerprint density at radius 1 is 1.20 bits per heavy atom. The van der Waals surface area contributed by atoms with E-state index in [9.17, 15) is 31.9 Å². The summed E-state index contributed by atoms with van der Waals surface area (Å²) in [7, 11) is 1.40. The average molecular weight is 516 g/mol. The molecule has 1 heterocycles. The second kappa shape index (κ2) is 10.4. The number of amides is 2. The molecule has 2 N–H and O–H groups in total. The van der Waals surface area contributed by atoms with Crippen LogP contribution in [0.1, 0.15) is 60.8 Å². The molecule has 6 nitrogen and oxygen atoms in total. The fraction of sp³-hybridized carbons (Fsp3) is 0.458. The highest BCUT2D eigenvalue weighted by atomic mass is 35.5. The maximum Gasteiger partial charge on any atom is 0.391 e. The number of aromatic nitrogens is 1. The highest BCUT2D eigenvalue weighted by Gasteiger charge is 2.46. The molecule has 2 amide bonds. The fourth-order valence-corrected chi connectivity index (χ4v) is 4.87. The molecule has 1 saturated carbocycles. The topological polar surface area (TPSA) is 80.2 Å². The standard InChI is InChI=1S/C24H26ClF4N3O3/c1-12(33)11-32-20(23(35)30-3)10-19(21(32)13(2)17-9-16(26)6-7-18(17)25)31-22(34)14-4-5-15(8-14)24(27,28)29/h6-7,9-10,13-15H,4-5,8,11H2,1-3H3,(H,30,35)(H,31,34)/t13-,14-,15+/m0/s1. The van der Waals surface area contributed by atoms with Gasteiger partial charge in [-0.3, -0.25) is 14.4 Å². The SMILES string of the molecule is CNC(=O)c1cc(NC(=O)[C@H]2CC[C@@H](C(F)(F)F)C2)c([C@@H](C)c2cc(F)ccc2Cl)n1CC(C)=O. The van der Waals surface area contributed by atoms with Gasteiger partial charge in [0.15, 0.2) is 0 Å². The summed E-state index contributed by atoms with van der Waals surface area (Å²) in [4.78, 5) is 37.6. The highest BCUT2D eigenvalue weighted by molar-refractivity contribution is 6.31. The number of hydrogen-bond donors (Lipinski definition) is 2. The molecule has 0 radical (unpaired) electrons. The molecule has 0 saturated heterocycles. The molecule has 1 aliphatic carbocycles. The van der Waals surface area contributed by atoms with Crippen LogP contribution >= 0.6 is 11.6 Å². The molecular formula is C24H26ClF4N3O3. The molecule has 0 unspecified atom stereocenters. The predicted octanol–water partition coefficient (Wildman–Crippen LogP) is 5.30. The van der Waals surface area contributed by atoms with Crippen LogP contribution < -0.4 is 10.6 Å². The van der Waals surface area contributed by atoms with Crippen LogP contribution in [-0.2, 0) is 16.1 Å². The van der Waals surface area contributed by atoms with E-state index in [1.807, 2.05) is 0 Å². The van der Waals surface area contributed by atoms with E-state index in [1.165, 1.54) is 42.8 Å². The number of halogens is 5. The molecule has 1 fully saturated rings. The molecule has 190 valence electrons. The van der Waals surface area contributed by atoms with Gasteiger partial charge in [0.2, 0.25) is 5.91 Å². The monoisotopic (exact) mass is 515 g/mol. The van der Waals surface area contributed by atoms with Gasteiger partial charge >= 0.3 is 6.18 Å². The smallest absolute Gasteiger partial charge is 0.354 e. The number of hydrogen-bond acceptors (Lipinski definition) is 3. The number of nitrogens with one attached hydrogen (secondary N) is 2. The minimum Gasteiger partial charge on any atom is -0.354 e. The number of Topliss-reactive ketones (excluding diaryl/α,β-unsaturated/α-hetero) is 1. The first-order valence-corrected chi connectivity index (χ1v) is 11.5. The van der Waals surface area contributed by atoms with Crippen LogP contribution in [0.25, 0.3) is 0 Å². The summed E-state index contributed by atoms with van der Waals surface area (Å²) in [6.07, 6.45) is -4.77. The van der Waals surface area contributed by atoms with Crippen molar-refractivity contribution in [2.45, 2.75) is 51.7 Å². The Labute approximate surface area is 205 Å². The molecule has 11 heteroatoms. The zero-order valence-corrected chi connectivity index (χ0v) is 20.2. The number of rotatable bonds is 7. The third-order valence-electron chi connectivity index (χ3n) is 6.34. The summed E-state index contributed by atoms with van der Waals surface area (Å²) in [6, 6.07) is 5.14. The Balaban J connectivity index is 2.07. The van der Waals surface area contributed by atoms with E-state index in [4.69, 9.17) is 11.6 Å². The summed E-state index contributed by atoms with van der Waals surface area (Å²) in [5, 5.41) is 5.37. The van der Waals surface area contributed by atoms with Gasteiger partial charge in [0.1, 0.15) is 17.3 Å². The van der Waals surface area contributed by atoms with E-state index in [0.29, 0.717) is 11.3 Å². The summed E-state index contributed by atoms with van der Waals surface area (Å²) < 4.78 is 54.7. The molecular weight excluding hydrogens is 490 g/mol. The molecule has 3 rings (SSSR count). The van der Waals surface area contributed by atoms with Gasteiger partial charge in [0.25, 0.3) is 5.91 Å². The van der Waals surface area contributed by atoms with Crippen LogP contribution in [0.5, 0.6) is 0 Å². The number of anilines is 1. The Bertz CT molecular complexity index is 1150. The lowest BCUT2D eigenvalue weighted by atomic mass is 9.96. The molecule has 0 aliphatic heterocycles. The van der Waals surface area contributed by atoms with Crippen molar-refractivity contribution in [3.63, 3.8) is 0 Å². The van der Waals surface area contributed by atoms with Gasteiger partial charge in [-0.05, 0) is 56.0 Å². The molecule has 3 atom stereocenters. The van der Waals surface area contributed by atoms with Crippen LogP contribution in [0.2, 0.25) is 5.02 Å². The first-order chi connectivity index (χ1) is 16.3. The second-order valence-corrected chi connectivity index (χ2v) is 9.23. The molecule has 1 aromatic heterocycles. The van der Waals surface area contributed by atoms with E-state index in [2.05, 4.69) is 10.6 Å². The zero-order valence-electron chi connectivity index (χ0n) is 19.4. The highest BCUT2D eigenvalue weighted by Crippen LogP contribution is 2.43. The molecule has 1 aromatic carbocycles. The van der Waals surface area contributed by atoms with Gasteiger partial charge in [0.05, 0.1) is 18.2 Å². The summed E-state index contributed by atoms with van der Waals surface area (Å²) in [5.74, 6) is -5.08. The summed E-state index contributed by atoms with van der Waals surface area (Å²) in [6.45, 7) is 2.78. The number of nitrogens with zero attached hydrogens (tertiary/aromatic N) is 1. The van der Waals surface area contributed by atoms with Gasteiger partial charge < -0.3 is 15.2 Å².